The molecular formula is C22H32N6O. The highest BCUT2D eigenvalue weighted by Crippen LogP contribution is 2.27. The van der Waals surface area contributed by atoms with E-state index in [1.807, 2.05) is 42.6 Å². The molecule has 3 heterocycles. The van der Waals surface area contributed by atoms with Gasteiger partial charge in [0.2, 0.25) is 5.91 Å². The summed E-state index contributed by atoms with van der Waals surface area (Å²) in [6.45, 7) is 5.65. The second kappa shape index (κ2) is 8.51. The average Bonchev–Trinajstić information content (AvgIpc) is 3.11. The summed E-state index contributed by atoms with van der Waals surface area (Å²) < 4.78 is 1.85. The molecule has 1 aliphatic heterocycles. The van der Waals surface area contributed by atoms with E-state index < -0.39 is 0 Å². The van der Waals surface area contributed by atoms with Crippen LogP contribution >= 0.6 is 0 Å². The van der Waals surface area contributed by atoms with Crippen molar-refractivity contribution < 1.29 is 4.79 Å². The molecule has 2 aromatic heterocycles. The highest BCUT2D eigenvalue weighted by atomic mass is 16.2. The predicted octanol–water partition coefficient (Wildman–Crippen LogP) is 3.29. The molecule has 0 aromatic carbocycles. The van der Waals surface area contributed by atoms with Crippen LogP contribution in [0.15, 0.2) is 18.5 Å². The number of nitrogens with zero attached hydrogens (tertiary/aromatic N) is 6. The third kappa shape index (κ3) is 4.28. The topological polar surface area (TPSA) is 67.2 Å². The van der Waals surface area contributed by atoms with Gasteiger partial charge in [-0.1, -0.05) is 19.3 Å². The fourth-order valence-corrected chi connectivity index (χ4v) is 4.81. The molecule has 7 nitrogen and oxygen atoms in total. The smallest absolute Gasteiger partial charge is 0.227 e. The third-order valence-electron chi connectivity index (χ3n) is 6.43. The molecular weight excluding hydrogens is 364 g/mol. The van der Waals surface area contributed by atoms with E-state index in [0.717, 1.165) is 61.8 Å². The van der Waals surface area contributed by atoms with Crippen LogP contribution in [0.25, 0.3) is 5.82 Å². The average molecular weight is 397 g/mol. The van der Waals surface area contributed by atoms with Gasteiger partial charge in [0.05, 0.1) is 11.6 Å². The fraction of sp³-hybridized carbons (Fsp3) is 0.636. The van der Waals surface area contributed by atoms with E-state index in [-0.39, 0.29) is 5.92 Å². The lowest BCUT2D eigenvalue weighted by atomic mass is 9.91. The molecule has 7 heteroatoms. The third-order valence-corrected chi connectivity index (χ3v) is 6.43. The van der Waals surface area contributed by atoms with Gasteiger partial charge in [-0.15, -0.1) is 0 Å². The van der Waals surface area contributed by atoms with E-state index in [1.165, 1.54) is 19.3 Å². The Bertz CT molecular complexity index is 857. The minimum absolute atomic E-state index is 0.0442. The van der Waals surface area contributed by atoms with Crippen molar-refractivity contribution in [1.29, 1.82) is 0 Å². The van der Waals surface area contributed by atoms with Crippen molar-refractivity contribution in [1.82, 2.24) is 24.6 Å². The first-order chi connectivity index (χ1) is 14.0. The standard InChI is InChI=1S/C22H32N6O/c1-16-12-17(2)28(25-16)21-13-20(23-15-24-21)27-11-7-8-18(14-27)22(29)26(3)19-9-5-4-6-10-19/h12-13,15,18-19H,4-11,14H2,1-3H3. The van der Waals surface area contributed by atoms with Gasteiger partial charge in [0.25, 0.3) is 0 Å². The zero-order valence-electron chi connectivity index (χ0n) is 17.8. The van der Waals surface area contributed by atoms with Crippen LogP contribution in [0.3, 0.4) is 0 Å². The molecule has 2 fully saturated rings. The number of carbonyl (C=O) groups is 1. The number of hydrogen-bond acceptors (Lipinski definition) is 5. The van der Waals surface area contributed by atoms with Gasteiger partial charge in [-0.25, -0.2) is 14.6 Å². The molecule has 2 aromatic rings. The van der Waals surface area contributed by atoms with Crippen LogP contribution in [0.5, 0.6) is 0 Å². The highest BCUT2D eigenvalue weighted by molar-refractivity contribution is 5.79. The van der Waals surface area contributed by atoms with E-state index in [1.54, 1.807) is 6.33 Å². The molecule has 1 unspecified atom stereocenters. The Morgan fingerprint density at radius 2 is 1.79 bits per heavy atom. The van der Waals surface area contributed by atoms with Gasteiger partial charge < -0.3 is 9.80 Å². The minimum Gasteiger partial charge on any atom is -0.356 e. The quantitative estimate of drug-likeness (QED) is 0.793. The van der Waals surface area contributed by atoms with Crippen molar-refractivity contribution in [3.63, 3.8) is 0 Å². The van der Waals surface area contributed by atoms with Crippen LogP contribution in [0, 0.1) is 19.8 Å². The normalized spacial score (nSPS) is 20.7. The maximum absolute atomic E-state index is 13.2. The largest absolute Gasteiger partial charge is 0.356 e. The van der Waals surface area contributed by atoms with E-state index in [9.17, 15) is 4.79 Å². The Kier molecular flexibility index (Phi) is 5.83. The SMILES string of the molecule is Cc1cc(C)n(-c2cc(N3CCCC(C(=O)N(C)C4CCCCC4)C3)ncn2)n1. The number of hydrogen-bond donors (Lipinski definition) is 0. The van der Waals surface area contributed by atoms with Crippen LogP contribution in [-0.2, 0) is 4.79 Å². The number of aryl methyl sites for hydroxylation is 2. The summed E-state index contributed by atoms with van der Waals surface area (Å²) in [5.41, 5.74) is 2.02. The van der Waals surface area contributed by atoms with Crippen molar-refractivity contribution in [2.24, 2.45) is 5.92 Å². The number of piperidine rings is 1. The molecule has 1 aliphatic carbocycles. The van der Waals surface area contributed by atoms with Crippen LogP contribution in [-0.4, -0.2) is 56.7 Å². The first-order valence-corrected chi connectivity index (χ1v) is 10.9. The number of anilines is 1. The summed E-state index contributed by atoms with van der Waals surface area (Å²) in [7, 11) is 2.00. The molecule has 1 atom stereocenters. The first-order valence-electron chi connectivity index (χ1n) is 10.9. The molecule has 0 N–H and O–H groups in total. The molecule has 1 saturated carbocycles. The molecule has 0 radical (unpaired) electrons. The van der Waals surface area contributed by atoms with Crippen LogP contribution in [0.4, 0.5) is 5.82 Å². The molecule has 4 rings (SSSR count). The van der Waals surface area contributed by atoms with Gasteiger partial charge in [0.1, 0.15) is 12.1 Å². The Hall–Kier alpha value is -2.44. The van der Waals surface area contributed by atoms with E-state index >= 15 is 0 Å². The summed E-state index contributed by atoms with van der Waals surface area (Å²) >= 11 is 0. The van der Waals surface area contributed by atoms with Crippen molar-refractivity contribution in [2.75, 3.05) is 25.0 Å². The first kappa shape index (κ1) is 19.9. The molecule has 0 bridgehead atoms. The highest BCUT2D eigenvalue weighted by Gasteiger charge is 2.31. The van der Waals surface area contributed by atoms with Crippen LogP contribution in [0.1, 0.15) is 56.3 Å². The Morgan fingerprint density at radius 3 is 2.52 bits per heavy atom. The molecule has 2 aliphatic rings. The number of rotatable bonds is 4. The summed E-state index contributed by atoms with van der Waals surface area (Å²) in [5.74, 6) is 1.99. The van der Waals surface area contributed by atoms with Gasteiger partial charge in [-0.05, 0) is 45.6 Å². The monoisotopic (exact) mass is 396 g/mol. The second-order valence-electron chi connectivity index (χ2n) is 8.60. The Labute approximate surface area is 173 Å². The van der Waals surface area contributed by atoms with Gasteiger partial charge in [-0.3, -0.25) is 4.79 Å². The zero-order chi connectivity index (χ0) is 20.4. The lowest BCUT2D eigenvalue weighted by Gasteiger charge is -2.38. The second-order valence-corrected chi connectivity index (χ2v) is 8.60. The summed E-state index contributed by atoms with van der Waals surface area (Å²) in [6.07, 6.45) is 9.66. The van der Waals surface area contributed by atoms with Gasteiger partial charge >= 0.3 is 0 Å². The molecule has 1 amide bonds. The van der Waals surface area contributed by atoms with Crippen molar-refractivity contribution >= 4 is 11.7 Å². The van der Waals surface area contributed by atoms with Gasteiger partial charge in [-0.2, -0.15) is 5.10 Å². The van der Waals surface area contributed by atoms with Crippen molar-refractivity contribution in [3.05, 3.63) is 29.8 Å². The molecule has 1 saturated heterocycles. The number of amides is 1. The maximum atomic E-state index is 13.2. The maximum Gasteiger partial charge on any atom is 0.227 e. The van der Waals surface area contributed by atoms with Gasteiger partial charge in [0, 0.05) is 37.9 Å². The number of aromatic nitrogens is 4. The summed E-state index contributed by atoms with van der Waals surface area (Å²) in [5, 5.41) is 4.53. The zero-order valence-corrected chi connectivity index (χ0v) is 17.8. The lowest BCUT2D eigenvalue weighted by Crippen LogP contribution is -2.47. The minimum atomic E-state index is 0.0442. The molecule has 156 valence electrons. The van der Waals surface area contributed by atoms with Crippen LogP contribution < -0.4 is 4.90 Å². The fourth-order valence-electron chi connectivity index (χ4n) is 4.81. The predicted molar refractivity (Wildman–Crippen MR) is 113 cm³/mol. The Morgan fingerprint density at radius 1 is 1.03 bits per heavy atom. The van der Waals surface area contributed by atoms with E-state index in [4.69, 9.17) is 0 Å². The van der Waals surface area contributed by atoms with Crippen molar-refractivity contribution in [3.8, 4) is 5.82 Å². The van der Waals surface area contributed by atoms with E-state index in [0.29, 0.717) is 11.9 Å². The van der Waals surface area contributed by atoms with Crippen molar-refractivity contribution in [2.45, 2.75) is 64.8 Å². The molecule has 29 heavy (non-hydrogen) atoms. The van der Waals surface area contributed by atoms with E-state index in [2.05, 4.69) is 20.0 Å². The molecule has 0 spiro atoms. The number of carbonyl (C=O) groups excluding carboxylic acids is 1. The summed E-state index contributed by atoms with van der Waals surface area (Å²) in [4.78, 5) is 26.3. The Balaban J connectivity index is 1.47. The van der Waals surface area contributed by atoms with Gasteiger partial charge in [0.15, 0.2) is 5.82 Å². The van der Waals surface area contributed by atoms with Crippen LogP contribution in [0.2, 0.25) is 0 Å². The summed E-state index contributed by atoms with van der Waals surface area (Å²) in [6, 6.07) is 4.44. The lowest BCUT2D eigenvalue weighted by molar-refractivity contribution is -0.137.